The molecule has 1 aromatic carbocycles. The van der Waals surface area contributed by atoms with Gasteiger partial charge in [-0.2, -0.15) is 0 Å². The molecule has 0 aliphatic heterocycles. The molecule has 0 saturated carbocycles. The van der Waals surface area contributed by atoms with E-state index in [1.807, 2.05) is 19.1 Å². The number of pyridine rings is 2. The Balaban J connectivity index is 1.84. The number of carbonyl (C=O) groups is 3. The van der Waals surface area contributed by atoms with Crippen LogP contribution in [0.15, 0.2) is 54.9 Å². The van der Waals surface area contributed by atoms with Crippen molar-refractivity contribution in [1.82, 2.24) is 15.3 Å². The number of carboxylic acids is 1. The fraction of sp³-hybridized carbons (Fsp3) is 0.208. The van der Waals surface area contributed by atoms with Gasteiger partial charge < -0.3 is 20.3 Å². The van der Waals surface area contributed by atoms with Crippen LogP contribution in [0.4, 0.5) is 0 Å². The van der Waals surface area contributed by atoms with Gasteiger partial charge in [0, 0.05) is 24.4 Å². The average molecular weight is 449 g/mol. The minimum Gasteiger partial charge on any atom is -0.507 e. The van der Waals surface area contributed by atoms with Gasteiger partial charge in [-0.15, -0.1) is 0 Å². The molecule has 0 fully saturated rings. The van der Waals surface area contributed by atoms with Crippen molar-refractivity contribution in [3.05, 3.63) is 77.1 Å². The first kappa shape index (κ1) is 23.4. The number of aromatic hydroxyl groups is 1. The Morgan fingerprint density at radius 3 is 2.39 bits per heavy atom. The number of nitrogens with one attached hydrogen (secondary N) is 1. The van der Waals surface area contributed by atoms with Gasteiger partial charge in [-0.05, 0) is 61.4 Å². The lowest BCUT2D eigenvalue weighted by Gasteiger charge is -2.18. The first-order valence-corrected chi connectivity index (χ1v) is 10.2. The van der Waals surface area contributed by atoms with E-state index in [1.54, 1.807) is 19.2 Å². The molecule has 0 aliphatic carbocycles. The lowest BCUT2D eigenvalue weighted by Crippen LogP contribution is -2.43. The van der Waals surface area contributed by atoms with Crippen molar-refractivity contribution in [2.45, 2.75) is 26.3 Å². The maximum absolute atomic E-state index is 12.9. The van der Waals surface area contributed by atoms with Gasteiger partial charge in [0.05, 0.1) is 18.0 Å². The maximum atomic E-state index is 12.9. The van der Waals surface area contributed by atoms with Crippen molar-refractivity contribution < 1.29 is 29.3 Å². The number of aryl methyl sites for hydroxylation is 1. The highest BCUT2D eigenvalue weighted by molar-refractivity contribution is 5.97. The van der Waals surface area contributed by atoms with Crippen molar-refractivity contribution >= 4 is 17.8 Å². The molecule has 2 aromatic heterocycles. The van der Waals surface area contributed by atoms with E-state index in [9.17, 15) is 24.6 Å². The van der Waals surface area contributed by atoms with Crippen LogP contribution in [-0.4, -0.2) is 50.7 Å². The maximum Gasteiger partial charge on any atom is 0.339 e. The molecule has 1 unspecified atom stereocenters. The van der Waals surface area contributed by atoms with Gasteiger partial charge in [0.1, 0.15) is 17.4 Å². The number of aromatic carboxylic acids is 1. The summed E-state index contributed by atoms with van der Waals surface area (Å²) < 4.78 is 5.08. The summed E-state index contributed by atoms with van der Waals surface area (Å²) in [6.07, 6.45) is 3.11. The zero-order chi connectivity index (χ0) is 24.0. The number of phenols is 1. The van der Waals surface area contributed by atoms with Crippen LogP contribution < -0.4 is 5.32 Å². The second kappa shape index (κ2) is 10.4. The molecule has 3 N–H and O–H groups in total. The minimum absolute atomic E-state index is 0.0253. The first-order valence-electron chi connectivity index (χ1n) is 10.2. The number of nitrogens with zero attached hydrogens (tertiary/aromatic N) is 2. The van der Waals surface area contributed by atoms with Crippen molar-refractivity contribution in [3.8, 4) is 17.1 Å². The molecule has 1 amide bonds. The number of rotatable bonds is 8. The van der Waals surface area contributed by atoms with Gasteiger partial charge in [0.15, 0.2) is 0 Å². The summed E-state index contributed by atoms with van der Waals surface area (Å²) >= 11 is 0. The molecule has 0 aliphatic rings. The van der Waals surface area contributed by atoms with Gasteiger partial charge in [0.25, 0.3) is 5.91 Å². The van der Waals surface area contributed by atoms with Crippen molar-refractivity contribution in [2.24, 2.45) is 0 Å². The zero-order valence-corrected chi connectivity index (χ0v) is 18.1. The number of carboxylic acid groups (broad SMARTS) is 1. The Labute approximate surface area is 190 Å². The van der Waals surface area contributed by atoms with Crippen LogP contribution in [-0.2, 0) is 16.0 Å². The summed E-state index contributed by atoms with van der Waals surface area (Å²) in [5.74, 6) is -2.88. The Kier molecular flexibility index (Phi) is 7.34. The molecule has 9 nitrogen and oxygen atoms in total. The number of hydrogen-bond acceptors (Lipinski definition) is 7. The molecule has 1 atom stereocenters. The smallest absolute Gasteiger partial charge is 0.339 e. The largest absolute Gasteiger partial charge is 0.507 e. The standard InChI is InChI=1S/C24H23N3O6/c1-3-33-24(32)20(12-15-4-5-21(28)17(11-15)23(30)31)27-22(29)16-7-9-26-19(13-16)18-10-14(2)6-8-25-18/h4-11,13,20,28H,3,12H2,1-2H3,(H,27,29)(H,30,31). The number of carbonyl (C=O) groups excluding carboxylic acids is 2. The SMILES string of the molecule is CCOC(=O)C(Cc1ccc(O)c(C(=O)O)c1)NC(=O)c1ccnc(-c2cc(C)ccn2)c1. The van der Waals surface area contributed by atoms with Crippen LogP contribution in [0, 0.1) is 6.92 Å². The lowest BCUT2D eigenvalue weighted by molar-refractivity contribution is -0.145. The molecule has 0 spiro atoms. The summed E-state index contributed by atoms with van der Waals surface area (Å²) in [7, 11) is 0. The Bertz CT molecular complexity index is 1190. The summed E-state index contributed by atoms with van der Waals surface area (Å²) in [6, 6.07) is 9.67. The Hall–Kier alpha value is -4.27. The molecule has 0 bridgehead atoms. The third kappa shape index (κ3) is 5.91. The van der Waals surface area contributed by atoms with E-state index in [2.05, 4.69) is 15.3 Å². The van der Waals surface area contributed by atoms with Crippen LogP contribution >= 0.6 is 0 Å². The van der Waals surface area contributed by atoms with E-state index in [0.717, 1.165) is 5.56 Å². The van der Waals surface area contributed by atoms with Crippen molar-refractivity contribution in [2.75, 3.05) is 6.61 Å². The van der Waals surface area contributed by atoms with Crippen molar-refractivity contribution in [3.63, 3.8) is 0 Å². The fourth-order valence-corrected chi connectivity index (χ4v) is 3.18. The zero-order valence-electron chi connectivity index (χ0n) is 18.1. The highest BCUT2D eigenvalue weighted by Crippen LogP contribution is 2.20. The molecule has 2 heterocycles. The normalized spacial score (nSPS) is 11.5. The third-order valence-electron chi connectivity index (χ3n) is 4.81. The van der Waals surface area contributed by atoms with E-state index in [1.165, 1.54) is 30.5 Å². The predicted molar refractivity (Wildman–Crippen MR) is 119 cm³/mol. The fourth-order valence-electron chi connectivity index (χ4n) is 3.18. The Morgan fingerprint density at radius 2 is 1.73 bits per heavy atom. The summed E-state index contributed by atoms with van der Waals surface area (Å²) in [5, 5.41) is 21.6. The van der Waals surface area contributed by atoms with Crippen LogP contribution in [0.1, 0.15) is 38.8 Å². The van der Waals surface area contributed by atoms with Gasteiger partial charge >= 0.3 is 11.9 Å². The summed E-state index contributed by atoms with van der Waals surface area (Å²) in [5.41, 5.74) is 2.51. The number of benzene rings is 1. The minimum atomic E-state index is -1.31. The number of esters is 1. The van der Waals surface area contributed by atoms with E-state index in [-0.39, 0.29) is 24.2 Å². The second-order valence-electron chi connectivity index (χ2n) is 7.29. The average Bonchev–Trinajstić information content (AvgIpc) is 2.79. The van der Waals surface area contributed by atoms with E-state index in [4.69, 9.17) is 4.74 Å². The molecule has 9 heteroatoms. The quantitative estimate of drug-likeness (QED) is 0.446. The molecular weight excluding hydrogens is 426 g/mol. The van der Waals surface area contributed by atoms with Crippen LogP contribution in [0.3, 0.4) is 0 Å². The van der Waals surface area contributed by atoms with Gasteiger partial charge in [-0.25, -0.2) is 9.59 Å². The molecule has 0 saturated heterocycles. The number of ether oxygens (including phenoxy) is 1. The Morgan fingerprint density at radius 1 is 1.03 bits per heavy atom. The molecule has 3 aromatic rings. The van der Waals surface area contributed by atoms with Crippen LogP contribution in [0.25, 0.3) is 11.4 Å². The van der Waals surface area contributed by atoms with Gasteiger partial charge in [-0.3, -0.25) is 14.8 Å². The molecule has 3 rings (SSSR count). The molecular formula is C24H23N3O6. The first-order chi connectivity index (χ1) is 15.8. The topological polar surface area (TPSA) is 139 Å². The van der Waals surface area contributed by atoms with Gasteiger partial charge in [-0.1, -0.05) is 6.07 Å². The highest BCUT2D eigenvalue weighted by atomic mass is 16.5. The number of hydrogen-bond donors (Lipinski definition) is 3. The van der Waals surface area contributed by atoms with E-state index >= 15 is 0 Å². The van der Waals surface area contributed by atoms with E-state index < -0.39 is 29.6 Å². The molecule has 0 radical (unpaired) electrons. The van der Waals surface area contributed by atoms with Crippen molar-refractivity contribution in [1.29, 1.82) is 0 Å². The molecule has 33 heavy (non-hydrogen) atoms. The third-order valence-corrected chi connectivity index (χ3v) is 4.81. The summed E-state index contributed by atoms with van der Waals surface area (Å²) in [4.78, 5) is 45.3. The molecule has 170 valence electrons. The van der Waals surface area contributed by atoms with Crippen LogP contribution in [0.2, 0.25) is 0 Å². The monoisotopic (exact) mass is 449 g/mol. The number of aromatic nitrogens is 2. The van der Waals surface area contributed by atoms with Gasteiger partial charge in [0.2, 0.25) is 0 Å². The highest BCUT2D eigenvalue weighted by Gasteiger charge is 2.24. The second-order valence-corrected chi connectivity index (χ2v) is 7.29. The lowest BCUT2D eigenvalue weighted by atomic mass is 10.0. The van der Waals surface area contributed by atoms with Crippen LogP contribution in [0.5, 0.6) is 5.75 Å². The number of amides is 1. The summed E-state index contributed by atoms with van der Waals surface area (Å²) in [6.45, 7) is 3.67. The predicted octanol–water partition coefficient (Wildman–Crippen LogP) is 2.76. The van der Waals surface area contributed by atoms with E-state index in [0.29, 0.717) is 17.0 Å².